The number of unbranched alkanes of at least 4 members (excludes halogenated alkanes) is 11. The summed E-state index contributed by atoms with van der Waals surface area (Å²) in [6, 6.07) is 0. The molecule has 0 spiro atoms. The number of nitrogens with zero attached hydrogens (tertiary/aromatic N) is 1. The first-order chi connectivity index (χ1) is 11.8. The largest absolute Gasteiger partial charge is 0.343 e. The van der Waals surface area contributed by atoms with Crippen LogP contribution < -0.4 is 0 Å². The summed E-state index contributed by atoms with van der Waals surface area (Å²) in [5.41, 5.74) is 0. The highest BCUT2D eigenvalue weighted by Gasteiger charge is 2.12. The Morgan fingerprint density at radius 2 is 1.12 bits per heavy atom. The lowest BCUT2D eigenvalue weighted by molar-refractivity contribution is -0.131. The first kappa shape index (κ1) is 23.9. The van der Waals surface area contributed by atoms with Crippen molar-refractivity contribution < 1.29 is 4.79 Å². The molecule has 0 atom stereocenters. The molecule has 0 aliphatic rings. The number of carbonyl (C=O) groups is 1. The molecule has 0 heterocycles. The van der Waals surface area contributed by atoms with E-state index in [0.717, 1.165) is 69.8 Å². The number of carbonyl (C=O) groups excluding carboxylic acids is 1. The van der Waals surface area contributed by atoms with Crippen LogP contribution in [0.25, 0.3) is 0 Å². The third kappa shape index (κ3) is 15.5. The summed E-state index contributed by atoms with van der Waals surface area (Å²) in [5, 5.41) is 0.989. The molecule has 24 heavy (non-hydrogen) atoms. The van der Waals surface area contributed by atoms with E-state index < -0.39 is 0 Å². The molecule has 0 fully saturated rings. The van der Waals surface area contributed by atoms with Crippen molar-refractivity contribution in [3.05, 3.63) is 13.8 Å². The van der Waals surface area contributed by atoms with E-state index in [-0.39, 0.29) is 0 Å². The lowest BCUT2D eigenvalue weighted by Gasteiger charge is -2.23. The molecule has 0 aliphatic carbocycles. The second-order valence-electron chi connectivity index (χ2n) is 6.64. The molecule has 0 saturated carbocycles. The lowest BCUT2D eigenvalue weighted by atomic mass is 10.1. The summed E-state index contributed by atoms with van der Waals surface area (Å²) in [4.78, 5) is 14.5. The molecule has 0 N–H and O–H groups in total. The minimum absolute atomic E-state index is 0.347. The normalized spacial score (nSPS) is 11.0. The third-order valence-electron chi connectivity index (χ3n) is 4.39. The topological polar surface area (TPSA) is 20.3 Å². The molecule has 1 amide bonds. The molecule has 140 valence electrons. The maximum absolute atomic E-state index is 12.4. The van der Waals surface area contributed by atoms with Crippen LogP contribution in [0.5, 0.6) is 0 Å². The van der Waals surface area contributed by atoms with Crippen molar-refractivity contribution in [1.29, 1.82) is 0 Å². The van der Waals surface area contributed by atoms with Gasteiger partial charge in [-0.25, -0.2) is 0 Å². The monoisotopic (exact) mass is 399 g/mol. The molecular weight excluding hydrogens is 362 g/mol. The van der Waals surface area contributed by atoms with Crippen molar-refractivity contribution >= 4 is 21.8 Å². The van der Waals surface area contributed by atoms with Gasteiger partial charge in [0.15, 0.2) is 0 Å². The van der Waals surface area contributed by atoms with Gasteiger partial charge in [0.25, 0.3) is 0 Å². The lowest BCUT2D eigenvalue weighted by Crippen LogP contribution is -2.32. The van der Waals surface area contributed by atoms with Gasteiger partial charge in [0.05, 0.1) is 0 Å². The Morgan fingerprint density at radius 1 is 0.667 bits per heavy atom. The number of halogens is 1. The van der Waals surface area contributed by atoms with Gasteiger partial charge < -0.3 is 4.90 Å². The molecule has 0 aromatic heterocycles. The van der Waals surface area contributed by atoms with E-state index >= 15 is 0 Å². The third-order valence-corrected chi connectivity index (χ3v) is 4.95. The van der Waals surface area contributed by atoms with Gasteiger partial charge in [0, 0.05) is 24.8 Å². The van der Waals surface area contributed by atoms with Gasteiger partial charge in [0.1, 0.15) is 0 Å². The van der Waals surface area contributed by atoms with Gasteiger partial charge >= 0.3 is 0 Å². The van der Waals surface area contributed by atoms with Crippen LogP contribution in [0.15, 0.2) is 0 Å². The summed E-state index contributed by atoms with van der Waals surface area (Å²) in [6.07, 6.45) is 16.2. The summed E-state index contributed by atoms with van der Waals surface area (Å²) in [5.74, 6) is 0.347. The zero-order chi connectivity index (χ0) is 17.9. The van der Waals surface area contributed by atoms with E-state index in [1.54, 1.807) is 0 Å². The molecule has 0 rings (SSSR count). The first-order valence-corrected chi connectivity index (χ1v) is 11.1. The Morgan fingerprint density at radius 3 is 1.58 bits per heavy atom. The number of hydrogen-bond donors (Lipinski definition) is 0. The Kier molecular flexibility index (Phi) is 19.2. The zero-order valence-electron chi connectivity index (χ0n) is 15.6. The fraction of sp³-hybridized carbons (Fsp3) is 0.857. The zero-order valence-corrected chi connectivity index (χ0v) is 17.2. The standard InChI is InChI=1S/C21H38BrNO/c1-3-5-7-9-11-15-19-23(21(24)17-13-14-18-22)20-16-12-10-8-6-4-2/h1-2H,3-20H2. The summed E-state index contributed by atoms with van der Waals surface area (Å²) in [7, 11) is 0. The van der Waals surface area contributed by atoms with Crippen molar-refractivity contribution in [2.45, 2.75) is 96.3 Å². The highest BCUT2D eigenvalue weighted by atomic mass is 79.9. The fourth-order valence-corrected chi connectivity index (χ4v) is 3.24. The van der Waals surface area contributed by atoms with E-state index in [0.29, 0.717) is 12.3 Å². The summed E-state index contributed by atoms with van der Waals surface area (Å²) < 4.78 is 0. The predicted molar refractivity (Wildman–Crippen MR) is 108 cm³/mol. The average molecular weight is 400 g/mol. The molecule has 0 bridgehead atoms. The van der Waals surface area contributed by atoms with Crippen molar-refractivity contribution in [3.8, 4) is 0 Å². The first-order valence-electron chi connectivity index (χ1n) is 10.00. The van der Waals surface area contributed by atoms with E-state index in [4.69, 9.17) is 13.8 Å². The SMILES string of the molecule is [CH]CCCCCCCN(CCCCCCC[CH])C(=O)CCCCBr. The molecule has 0 aromatic carbocycles. The van der Waals surface area contributed by atoms with E-state index in [1.807, 2.05) is 0 Å². The van der Waals surface area contributed by atoms with Gasteiger partial charge in [0.2, 0.25) is 5.91 Å². The van der Waals surface area contributed by atoms with Crippen molar-refractivity contribution in [1.82, 2.24) is 4.90 Å². The van der Waals surface area contributed by atoms with Crippen molar-refractivity contribution in [2.75, 3.05) is 18.4 Å². The van der Waals surface area contributed by atoms with E-state index in [2.05, 4.69) is 20.8 Å². The van der Waals surface area contributed by atoms with E-state index in [1.165, 1.54) is 38.5 Å². The second-order valence-corrected chi connectivity index (χ2v) is 7.43. The van der Waals surface area contributed by atoms with Gasteiger partial charge in [-0.1, -0.05) is 67.3 Å². The van der Waals surface area contributed by atoms with Crippen LogP contribution >= 0.6 is 15.9 Å². The predicted octanol–water partition coefficient (Wildman–Crippen LogP) is 6.48. The Bertz CT molecular complexity index is 255. The number of alkyl halides is 1. The van der Waals surface area contributed by atoms with Crippen LogP contribution in [0.2, 0.25) is 0 Å². The molecule has 2 nitrogen and oxygen atoms in total. The van der Waals surface area contributed by atoms with Crippen LogP contribution in [0.1, 0.15) is 96.3 Å². The molecule has 0 aromatic rings. The summed E-state index contributed by atoms with van der Waals surface area (Å²) >= 11 is 3.44. The number of amides is 1. The quantitative estimate of drug-likeness (QED) is 0.190. The fourth-order valence-electron chi connectivity index (χ4n) is 2.84. The van der Waals surface area contributed by atoms with Crippen LogP contribution in [0.3, 0.4) is 0 Å². The molecule has 3 heteroatoms. The van der Waals surface area contributed by atoms with Crippen molar-refractivity contribution in [2.24, 2.45) is 0 Å². The van der Waals surface area contributed by atoms with Gasteiger partial charge in [-0.3, -0.25) is 4.79 Å². The second kappa shape index (κ2) is 19.3. The Balaban J connectivity index is 3.97. The maximum atomic E-state index is 12.4. The van der Waals surface area contributed by atoms with Gasteiger partial charge in [-0.2, -0.15) is 0 Å². The summed E-state index contributed by atoms with van der Waals surface area (Å²) in [6.45, 7) is 12.9. The maximum Gasteiger partial charge on any atom is 0.222 e. The van der Waals surface area contributed by atoms with Crippen LogP contribution in [0, 0.1) is 13.8 Å². The average Bonchev–Trinajstić information content (AvgIpc) is 2.59. The van der Waals surface area contributed by atoms with Gasteiger partial charge in [-0.15, -0.1) is 0 Å². The highest BCUT2D eigenvalue weighted by Crippen LogP contribution is 2.11. The minimum Gasteiger partial charge on any atom is -0.343 e. The molecule has 0 saturated heterocycles. The van der Waals surface area contributed by atoms with Gasteiger partial charge in [-0.05, 0) is 52.4 Å². The van der Waals surface area contributed by atoms with E-state index in [9.17, 15) is 4.79 Å². The highest BCUT2D eigenvalue weighted by molar-refractivity contribution is 9.09. The number of hydrogen-bond acceptors (Lipinski definition) is 1. The van der Waals surface area contributed by atoms with Crippen molar-refractivity contribution in [3.63, 3.8) is 0 Å². The Labute approximate surface area is 160 Å². The number of rotatable bonds is 18. The Hall–Kier alpha value is -0.0500. The molecule has 0 unspecified atom stereocenters. The molecule has 0 aliphatic heterocycles. The van der Waals surface area contributed by atoms with Crippen LogP contribution in [0.4, 0.5) is 0 Å². The van der Waals surface area contributed by atoms with Crippen LogP contribution in [-0.4, -0.2) is 29.2 Å². The molecular formula is C21H38BrNO. The minimum atomic E-state index is 0.347. The smallest absolute Gasteiger partial charge is 0.222 e. The van der Waals surface area contributed by atoms with Crippen LogP contribution in [-0.2, 0) is 4.79 Å². The molecule has 4 radical (unpaired) electrons.